The minimum Gasteiger partial charge on any atom is -0.454 e. The van der Waals surface area contributed by atoms with Crippen LogP contribution in [0.25, 0.3) is 17.1 Å². The summed E-state index contributed by atoms with van der Waals surface area (Å²) in [6, 6.07) is 15.7. The van der Waals surface area contributed by atoms with Crippen LogP contribution in [-0.2, 0) is 4.79 Å². The van der Waals surface area contributed by atoms with Gasteiger partial charge in [-0.1, -0.05) is 36.9 Å². The first-order chi connectivity index (χ1) is 14.2. The second-order valence-corrected chi connectivity index (χ2v) is 7.65. The van der Waals surface area contributed by atoms with Crippen LogP contribution in [-0.4, -0.2) is 39.3 Å². The summed E-state index contributed by atoms with van der Waals surface area (Å²) in [6.07, 6.45) is 0.894. The fraction of sp³-hybridized carbons (Fsp3) is 0.286. The van der Waals surface area contributed by atoms with E-state index in [2.05, 4.69) is 15.5 Å². The number of fused-ring (bicyclic) bond motifs is 1. The minimum atomic E-state index is -0.0170. The standard InChI is InChI=1S/C21H22N4O3S/c1-3-14(2)22-19(26)12-29-21-24-23-20(25(21)16-7-5-4-6-8-16)15-9-10-17-18(11-15)28-13-27-17/h4-11,14H,3,12-13H2,1-2H3,(H,22,26)/t14-/m0/s1. The summed E-state index contributed by atoms with van der Waals surface area (Å²) in [5, 5.41) is 12.4. The lowest BCUT2D eigenvalue weighted by Crippen LogP contribution is -2.33. The van der Waals surface area contributed by atoms with Crippen LogP contribution < -0.4 is 14.8 Å². The zero-order valence-electron chi connectivity index (χ0n) is 16.3. The molecule has 0 radical (unpaired) electrons. The third-order valence-corrected chi connectivity index (χ3v) is 5.56. The Morgan fingerprint density at radius 3 is 2.76 bits per heavy atom. The molecule has 2 aromatic carbocycles. The van der Waals surface area contributed by atoms with Crippen molar-refractivity contribution in [3.05, 3.63) is 48.5 Å². The Labute approximate surface area is 173 Å². The summed E-state index contributed by atoms with van der Waals surface area (Å²) in [4.78, 5) is 12.2. The second kappa shape index (κ2) is 8.57. The van der Waals surface area contributed by atoms with E-state index < -0.39 is 0 Å². The molecule has 150 valence electrons. The molecule has 7 nitrogen and oxygen atoms in total. The highest BCUT2D eigenvalue weighted by Crippen LogP contribution is 2.36. The third kappa shape index (κ3) is 4.22. The molecule has 0 saturated heterocycles. The number of carbonyl (C=O) groups excluding carboxylic acids is 1. The van der Waals surface area contributed by atoms with Crippen molar-refractivity contribution < 1.29 is 14.3 Å². The fourth-order valence-electron chi connectivity index (χ4n) is 2.94. The average Bonchev–Trinajstić information content (AvgIpc) is 3.39. The number of hydrogen-bond acceptors (Lipinski definition) is 6. The molecule has 29 heavy (non-hydrogen) atoms. The maximum absolute atomic E-state index is 12.2. The Balaban J connectivity index is 1.65. The van der Waals surface area contributed by atoms with Gasteiger partial charge in [0.05, 0.1) is 5.75 Å². The van der Waals surface area contributed by atoms with Gasteiger partial charge in [0.25, 0.3) is 0 Å². The largest absolute Gasteiger partial charge is 0.454 e. The number of hydrogen-bond donors (Lipinski definition) is 1. The molecule has 1 atom stereocenters. The van der Waals surface area contributed by atoms with Gasteiger partial charge in [-0.15, -0.1) is 10.2 Å². The quantitative estimate of drug-likeness (QED) is 0.599. The molecular formula is C21H22N4O3S. The molecule has 0 saturated carbocycles. The van der Waals surface area contributed by atoms with Crippen LogP contribution in [0.4, 0.5) is 0 Å². The smallest absolute Gasteiger partial charge is 0.231 e. The highest BCUT2D eigenvalue weighted by atomic mass is 32.2. The van der Waals surface area contributed by atoms with Crippen molar-refractivity contribution >= 4 is 17.7 Å². The molecule has 1 aliphatic rings. The lowest BCUT2D eigenvalue weighted by molar-refractivity contribution is -0.119. The first-order valence-electron chi connectivity index (χ1n) is 9.48. The van der Waals surface area contributed by atoms with Gasteiger partial charge in [-0.3, -0.25) is 9.36 Å². The number of rotatable bonds is 7. The molecule has 1 amide bonds. The van der Waals surface area contributed by atoms with E-state index in [-0.39, 0.29) is 24.5 Å². The van der Waals surface area contributed by atoms with E-state index in [0.717, 1.165) is 23.4 Å². The van der Waals surface area contributed by atoms with Gasteiger partial charge in [0.1, 0.15) is 0 Å². The van der Waals surface area contributed by atoms with Crippen LogP contribution in [0.5, 0.6) is 11.5 Å². The number of benzene rings is 2. The Kier molecular flexibility index (Phi) is 5.71. The molecule has 1 aliphatic heterocycles. The molecule has 0 spiro atoms. The van der Waals surface area contributed by atoms with Gasteiger partial charge in [-0.05, 0) is 43.7 Å². The lowest BCUT2D eigenvalue weighted by atomic mass is 10.2. The van der Waals surface area contributed by atoms with Crippen LogP contribution in [0.15, 0.2) is 53.7 Å². The van der Waals surface area contributed by atoms with E-state index >= 15 is 0 Å². The van der Waals surface area contributed by atoms with Gasteiger partial charge >= 0.3 is 0 Å². The minimum absolute atomic E-state index is 0.0170. The lowest BCUT2D eigenvalue weighted by Gasteiger charge is -2.12. The van der Waals surface area contributed by atoms with Crippen molar-refractivity contribution in [2.24, 2.45) is 0 Å². The normalized spacial score (nSPS) is 13.3. The van der Waals surface area contributed by atoms with Crippen LogP contribution >= 0.6 is 11.8 Å². The number of para-hydroxylation sites is 1. The van der Waals surface area contributed by atoms with Gasteiger partial charge in [-0.25, -0.2) is 0 Å². The summed E-state index contributed by atoms with van der Waals surface area (Å²) >= 11 is 1.36. The summed E-state index contributed by atoms with van der Waals surface area (Å²) < 4.78 is 12.9. The van der Waals surface area contributed by atoms with Crippen molar-refractivity contribution in [1.82, 2.24) is 20.1 Å². The number of ether oxygens (including phenoxy) is 2. The summed E-state index contributed by atoms with van der Waals surface area (Å²) in [5.41, 5.74) is 1.79. The van der Waals surface area contributed by atoms with Gasteiger partial charge in [-0.2, -0.15) is 0 Å². The fourth-order valence-corrected chi connectivity index (χ4v) is 3.71. The third-order valence-electron chi connectivity index (χ3n) is 4.63. The molecule has 4 rings (SSSR count). The predicted molar refractivity (Wildman–Crippen MR) is 112 cm³/mol. The van der Waals surface area contributed by atoms with E-state index in [9.17, 15) is 4.79 Å². The van der Waals surface area contributed by atoms with Crippen LogP contribution in [0.3, 0.4) is 0 Å². The first kappa shape index (κ1) is 19.3. The molecule has 8 heteroatoms. The average molecular weight is 410 g/mol. The highest BCUT2D eigenvalue weighted by molar-refractivity contribution is 7.99. The Morgan fingerprint density at radius 1 is 1.17 bits per heavy atom. The summed E-state index contributed by atoms with van der Waals surface area (Å²) in [5.74, 6) is 2.34. The number of carbonyl (C=O) groups is 1. The second-order valence-electron chi connectivity index (χ2n) is 6.71. The predicted octanol–water partition coefficient (Wildman–Crippen LogP) is 3.67. The van der Waals surface area contributed by atoms with E-state index in [1.54, 1.807) is 0 Å². The van der Waals surface area contributed by atoms with Crippen LogP contribution in [0.2, 0.25) is 0 Å². The Hall–Kier alpha value is -3.00. The molecule has 2 heterocycles. The zero-order valence-corrected chi connectivity index (χ0v) is 17.1. The van der Waals surface area contributed by atoms with Gasteiger partial charge < -0.3 is 14.8 Å². The Morgan fingerprint density at radius 2 is 1.97 bits per heavy atom. The topological polar surface area (TPSA) is 78.3 Å². The highest BCUT2D eigenvalue weighted by Gasteiger charge is 2.20. The van der Waals surface area contributed by atoms with Gasteiger partial charge in [0.15, 0.2) is 22.5 Å². The van der Waals surface area contributed by atoms with E-state index in [1.807, 2.05) is 66.9 Å². The van der Waals surface area contributed by atoms with E-state index in [4.69, 9.17) is 9.47 Å². The number of aromatic nitrogens is 3. The van der Waals surface area contributed by atoms with E-state index in [1.165, 1.54) is 11.8 Å². The molecular weight excluding hydrogens is 388 g/mol. The number of thioether (sulfide) groups is 1. The molecule has 0 fully saturated rings. The number of nitrogens with zero attached hydrogens (tertiary/aromatic N) is 3. The van der Waals surface area contributed by atoms with Crippen molar-refractivity contribution in [3.8, 4) is 28.6 Å². The molecule has 1 N–H and O–H groups in total. The molecule has 1 aromatic heterocycles. The van der Waals surface area contributed by atoms with Crippen molar-refractivity contribution in [2.75, 3.05) is 12.5 Å². The monoisotopic (exact) mass is 410 g/mol. The van der Waals surface area contributed by atoms with E-state index in [0.29, 0.717) is 16.7 Å². The molecule has 0 aliphatic carbocycles. The van der Waals surface area contributed by atoms with Crippen LogP contribution in [0, 0.1) is 0 Å². The molecule has 0 unspecified atom stereocenters. The van der Waals surface area contributed by atoms with Crippen LogP contribution in [0.1, 0.15) is 20.3 Å². The van der Waals surface area contributed by atoms with Crippen molar-refractivity contribution in [1.29, 1.82) is 0 Å². The first-order valence-corrected chi connectivity index (χ1v) is 10.5. The maximum Gasteiger partial charge on any atom is 0.231 e. The number of nitrogens with one attached hydrogen (secondary N) is 1. The number of amides is 1. The Bertz CT molecular complexity index is 1010. The van der Waals surface area contributed by atoms with Gasteiger partial charge in [0.2, 0.25) is 12.7 Å². The summed E-state index contributed by atoms with van der Waals surface area (Å²) in [6.45, 7) is 4.26. The molecule has 3 aromatic rings. The van der Waals surface area contributed by atoms with Crippen molar-refractivity contribution in [3.63, 3.8) is 0 Å². The zero-order chi connectivity index (χ0) is 20.2. The maximum atomic E-state index is 12.2. The SMILES string of the molecule is CC[C@H](C)NC(=O)CSc1nnc(-c2ccc3c(c2)OCO3)n1-c1ccccc1. The van der Waals surface area contributed by atoms with Gasteiger partial charge in [0, 0.05) is 17.3 Å². The summed E-state index contributed by atoms with van der Waals surface area (Å²) in [7, 11) is 0. The molecule has 0 bridgehead atoms. The van der Waals surface area contributed by atoms with Crippen molar-refractivity contribution in [2.45, 2.75) is 31.5 Å².